The minimum atomic E-state index is -1.55. The Balaban J connectivity index is 1.67. The number of benzene rings is 3. The second kappa shape index (κ2) is 10.9. The highest BCUT2D eigenvalue weighted by atomic mass is 16.5. The van der Waals surface area contributed by atoms with Crippen LogP contribution < -0.4 is 15.4 Å². The zero-order valence-corrected chi connectivity index (χ0v) is 19.8. The van der Waals surface area contributed by atoms with Crippen LogP contribution in [0.3, 0.4) is 0 Å². The molecule has 0 radical (unpaired) electrons. The van der Waals surface area contributed by atoms with E-state index in [1.165, 1.54) is 5.56 Å². The van der Waals surface area contributed by atoms with Gasteiger partial charge in [-0.05, 0) is 72.4 Å². The number of carboxylic acids is 1. The fourth-order valence-electron chi connectivity index (χ4n) is 3.61. The smallest absolute Gasteiger partial charge is 0.394 e. The largest absolute Gasteiger partial charge is 0.508 e. The number of hydrogen-bond acceptors (Lipinski definition) is 5. The summed E-state index contributed by atoms with van der Waals surface area (Å²) in [6.07, 6.45) is 0. The average molecular weight is 463 g/mol. The molecule has 0 saturated heterocycles. The molecule has 34 heavy (non-hydrogen) atoms. The molecule has 0 bridgehead atoms. The molecule has 178 valence electrons. The van der Waals surface area contributed by atoms with Crippen molar-refractivity contribution in [1.82, 2.24) is 5.32 Å². The number of phenolic OH excluding ortho intramolecular Hbond substituents is 1. The fraction of sp³-hybridized carbons (Fsp3) is 0.259. The van der Waals surface area contributed by atoms with Gasteiger partial charge < -0.3 is 25.6 Å². The molecule has 1 amide bonds. The zero-order valence-electron chi connectivity index (χ0n) is 19.8. The minimum Gasteiger partial charge on any atom is -0.508 e. The number of aliphatic carboxylic acids is 1. The van der Waals surface area contributed by atoms with E-state index in [0.717, 1.165) is 16.7 Å². The van der Waals surface area contributed by atoms with Gasteiger partial charge in [-0.1, -0.05) is 38.1 Å². The summed E-state index contributed by atoms with van der Waals surface area (Å²) < 4.78 is 6.08. The summed E-state index contributed by atoms with van der Waals surface area (Å²) in [5.74, 6) is -0.816. The van der Waals surface area contributed by atoms with Gasteiger partial charge in [0.25, 0.3) is 0 Å². The molecule has 3 rings (SSSR count). The molecule has 0 atom stereocenters. The third-order valence-electron chi connectivity index (χ3n) is 5.47. The topological polar surface area (TPSA) is 108 Å². The van der Waals surface area contributed by atoms with E-state index in [1.807, 2.05) is 13.8 Å². The Morgan fingerprint density at radius 1 is 0.941 bits per heavy atom. The van der Waals surface area contributed by atoms with Crippen molar-refractivity contribution in [3.63, 3.8) is 0 Å². The normalized spacial score (nSPS) is 10.9. The second-order valence-electron chi connectivity index (χ2n) is 8.59. The van der Waals surface area contributed by atoms with E-state index in [0.29, 0.717) is 41.8 Å². The number of ether oxygens (including phenoxy) is 1. The predicted molar refractivity (Wildman–Crippen MR) is 131 cm³/mol. The number of anilines is 1. The van der Waals surface area contributed by atoms with Crippen LogP contribution in [0.15, 0.2) is 54.6 Å². The van der Waals surface area contributed by atoms with E-state index in [1.54, 1.807) is 30.3 Å². The van der Waals surface area contributed by atoms with Crippen LogP contribution in [0.2, 0.25) is 0 Å². The number of aromatic hydroxyl groups is 1. The fourth-order valence-corrected chi connectivity index (χ4v) is 3.61. The number of carbonyl (C=O) groups is 2. The third kappa shape index (κ3) is 6.36. The lowest BCUT2D eigenvalue weighted by molar-refractivity contribution is -0.147. The lowest BCUT2D eigenvalue weighted by atomic mass is 10.0. The maximum Gasteiger partial charge on any atom is 0.394 e. The van der Waals surface area contributed by atoms with Crippen LogP contribution in [0.1, 0.15) is 47.6 Å². The molecule has 3 aromatic rings. The monoisotopic (exact) mass is 462 g/mol. The molecule has 0 aromatic heterocycles. The molecule has 0 fully saturated rings. The number of carbonyl (C=O) groups excluding carboxylic acids is 1. The first-order valence-electron chi connectivity index (χ1n) is 11.1. The van der Waals surface area contributed by atoms with Crippen molar-refractivity contribution in [1.29, 1.82) is 0 Å². The van der Waals surface area contributed by atoms with Crippen LogP contribution in [-0.2, 0) is 22.7 Å². The van der Waals surface area contributed by atoms with E-state index in [-0.39, 0.29) is 5.75 Å². The molecule has 0 spiro atoms. The summed E-state index contributed by atoms with van der Waals surface area (Å²) in [6.45, 7) is 9.09. The Kier molecular flexibility index (Phi) is 7.91. The number of hydrogen-bond donors (Lipinski definition) is 4. The average Bonchev–Trinajstić information content (AvgIpc) is 2.78. The van der Waals surface area contributed by atoms with E-state index in [9.17, 15) is 14.7 Å². The standard InChI is InChI=1S/C27H30N2O5/c1-16(2)20-7-5-19(6-8-20)14-28-15-21-13-23(9-10-24(21)30)34-25-17(3)11-22(12-18(25)4)29-26(31)27(32)33/h5-13,16,28,30H,14-15H2,1-4H3,(H,29,31)(H,32,33). The van der Waals surface area contributed by atoms with Crippen molar-refractivity contribution in [3.8, 4) is 17.2 Å². The molecule has 7 heteroatoms. The first-order chi connectivity index (χ1) is 16.1. The molecule has 0 saturated carbocycles. The Bertz CT molecular complexity index is 1160. The number of carboxylic acid groups (broad SMARTS) is 1. The van der Waals surface area contributed by atoms with Crippen molar-refractivity contribution in [3.05, 3.63) is 82.4 Å². The molecule has 0 aliphatic rings. The summed E-state index contributed by atoms with van der Waals surface area (Å²) in [6, 6.07) is 16.8. The summed E-state index contributed by atoms with van der Waals surface area (Å²) in [5.41, 5.74) is 5.02. The second-order valence-corrected chi connectivity index (χ2v) is 8.59. The molecule has 0 heterocycles. The van der Waals surface area contributed by atoms with Gasteiger partial charge in [-0.15, -0.1) is 0 Å². The van der Waals surface area contributed by atoms with Gasteiger partial charge in [0.15, 0.2) is 0 Å². The van der Waals surface area contributed by atoms with Crippen molar-refractivity contribution >= 4 is 17.6 Å². The highest BCUT2D eigenvalue weighted by Crippen LogP contribution is 2.33. The van der Waals surface area contributed by atoms with Gasteiger partial charge >= 0.3 is 11.9 Å². The van der Waals surface area contributed by atoms with Gasteiger partial charge in [0, 0.05) is 24.3 Å². The van der Waals surface area contributed by atoms with Gasteiger partial charge in [-0.3, -0.25) is 4.79 Å². The van der Waals surface area contributed by atoms with Gasteiger partial charge in [0.2, 0.25) is 0 Å². The Hall–Kier alpha value is -3.84. The maximum atomic E-state index is 11.4. The van der Waals surface area contributed by atoms with Crippen LogP contribution in [-0.4, -0.2) is 22.1 Å². The summed E-state index contributed by atoms with van der Waals surface area (Å²) in [7, 11) is 0. The Labute approximate surface area is 199 Å². The minimum absolute atomic E-state index is 0.176. The molecule has 0 unspecified atom stereocenters. The number of phenols is 1. The van der Waals surface area contributed by atoms with Crippen LogP contribution in [0, 0.1) is 13.8 Å². The Morgan fingerprint density at radius 3 is 2.18 bits per heavy atom. The number of aryl methyl sites for hydroxylation is 2. The SMILES string of the molecule is Cc1cc(NC(=O)C(=O)O)cc(C)c1Oc1ccc(O)c(CNCc2ccc(C(C)C)cc2)c1. The lowest BCUT2D eigenvalue weighted by Gasteiger charge is -2.15. The molecule has 7 nitrogen and oxygen atoms in total. The molecule has 0 aliphatic heterocycles. The van der Waals surface area contributed by atoms with E-state index in [4.69, 9.17) is 9.84 Å². The maximum absolute atomic E-state index is 11.4. The predicted octanol–water partition coefficient (Wildman–Crippen LogP) is 5.24. The van der Waals surface area contributed by atoms with Gasteiger partial charge in [-0.2, -0.15) is 0 Å². The summed E-state index contributed by atoms with van der Waals surface area (Å²) in [4.78, 5) is 22.2. The third-order valence-corrected chi connectivity index (χ3v) is 5.47. The molecule has 0 aliphatic carbocycles. The Morgan fingerprint density at radius 2 is 1.59 bits per heavy atom. The van der Waals surface area contributed by atoms with Gasteiger partial charge in [0.1, 0.15) is 17.2 Å². The first kappa shape index (κ1) is 24.8. The number of nitrogens with one attached hydrogen (secondary N) is 2. The van der Waals surface area contributed by atoms with Crippen LogP contribution in [0.5, 0.6) is 17.2 Å². The van der Waals surface area contributed by atoms with E-state index >= 15 is 0 Å². The van der Waals surface area contributed by atoms with Crippen LogP contribution in [0.4, 0.5) is 5.69 Å². The van der Waals surface area contributed by atoms with Crippen LogP contribution in [0.25, 0.3) is 0 Å². The first-order valence-corrected chi connectivity index (χ1v) is 11.1. The van der Waals surface area contributed by atoms with Crippen LogP contribution >= 0.6 is 0 Å². The summed E-state index contributed by atoms with van der Waals surface area (Å²) in [5, 5.41) is 24.8. The summed E-state index contributed by atoms with van der Waals surface area (Å²) >= 11 is 0. The molecule has 3 aromatic carbocycles. The van der Waals surface area contributed by atoms with Gasteiger partial charge in [-0.25, -0.2) is 4.79 Å². The lowest BCUT2D eigenvalue weighted by Crippen LogP contribution is -2.21. The van der Waals surface area contributed by atoms with Crippen molar-refractivity contribution in [2.45, 2.75) is 46.7 Å². The van der Waals surface area contributed by atoms with Crippen molar-refractivity contribution in [2.24, 2.45) is 0 Å². The highest BCUT2D eigenvalue weighted by Gasteiger charge is 2.14. The molecular formula is C27H30N2O5. The zero-order chi connectivity index (χ0) is 24.8. The van der Waals surface area contributed by atoms with Crippen molar-refractivity contribution in [2.75, 3.05) is 5.32 Å². The van der Waals surface area contributed by atoms with E-state index < -0.39 is 11.9 Å². The highest BCUT2D eigenvalue weighted by molar-refractivity contribution is 6.36. The number of amides is 1. The number of rotatable bonds is 8. The quantitative estimate of drug-likeness (QED) is 0.341. The van der Waals surface area contributed by atoms with E-state index in [2.05, 4.69) is 48.7 Å². The molecule has 4 N–H and O–H groups in total. The van der Waals surface area contributed by atoms with Crippen molar-refractivity contribution < 1.29 is 24.5 Å². The van der Waals surface area contributed by atoms with Gasteiger partial charge in [0.05, 0.1) is 0 Å². The molecular weight excluding hydrogens is 432 g/mol.